The van der Waals surface area contributed by atoms with Crippen LogP contribution < -0.4 is 10.1 Å². The minimum atomic E-state index is -0.689. The fraction of sp³-hybridized carbons (Fsp3) is 0.211. The third-order valence-electron chi connectivity index (χ3n) is 4.44. The second-order valence-corrected chi connectivity index (χ2v) is 6.72. The van der Waals surface area contributed by atoms with Gasteiger partial charge in [-0.2, -0.15) is 14.9 Å². The van der Waals surface area contributed by atoms with Crippen molar-refractivity contribution < 1.29 is 14.5 Å². The number of benzene rings is 1. The summed E-state index contributed by atoms with van der Waals surface area (Å²) in [5.74, 6) is -0.204. The molecule has 0 saturated carbocycles. The Morgan fingerprint density at radius 2 is 1.97 bits per heavy atom. The van der Waals surface area contributed by atoms with E-state index in [2.05, 4.69) is 32.5 Å². The van der Waals surface area contributed by atoms with Gasteiger partial charge in [-0.05, 0) is 35.1 Å². The van der Waals surface area contributed by atoms with Crippen LogP contribution in [0.1, 0.15) is 23.0 Å². The maximum Gasteiger partial charge on any atom is 0.491 e. The van der Waals surface area contributed by atoms with E-state index in [9.17, 15) is 14.9 Å². The summed E-state index contributed by atoms with van der Waals surface area (Å²) in [5.41, 5.74) is 1.88. The lowest BCUT2D eigenvalue weighted by atomic mass is 10.2. The van der Waals surface area contributed by atoms with Crippen molar-refractivity contribution in [1.29, 1.82) is 0 Å². The molecule has 0 aliphatic carbocycles. The minimum Gasteiger partial charge on any atom is -0.471 e. The minimum absolute atomic E-state index is 0.0721. The molecular formula is C19H19N9O4. The average Bonchev–Trinajstić information content (AvgIpc) is 3.54. The SMILES string of the molecule is CCc1ccc(OCn2cc(NC(=O)c3ccn(Cn4cnc([N+](=O)[O-])n4)n3)cn2)cc1. The predicted molar refractivity (Wildman–Crippen MR) is 111 cm³/mol. The van der Waals surface area contributed by atoms with Crippen molar-refractivity contribution in [3.8, 4) is 5.75 Å². The van der Waals surface area contributed by atoms with Crippen LogP contribution in [-0.2, 0) is 19.8 Å². The zero-order valence-electron chi connectivity index (χ0n) is 17.0. The Labute approximate surface area is 181 Å². The van der Waals surface area contributed by atoms with Crippen molar-refractivity contribution in [2.75, 3.05) is 5.32 Å². The molecule has 0 saturated heterocycles. The molecule has 0 spiro atoms. The van der Waals surface area contributed by atoms with Gasteiger partial charge in [-0.1, -0.05) is 24.0 Å². The summed E-state index contributed by atoms with van der Waals surface area (Å²) >= 11 is 0. The quantitative estimate of drug-likeness (QED) is 0.308. The second kappa shape index (κ2) is 9.07. The van der Waals surface area contributed by atoms with Crippen LogP contribution in [0.5, 0.6) is 5.75 Å². The number of ether oxygens (including phenoxy) is 1. The molecule has 0 radical (unpaired) electrons. The molecular weight excluding hydrogens is 418 g/mol. The Morgan fingerprint density at radius 3 is 2.69 bits per heavy atom. The molecule has 13 heteroatoms. The summed E-state index contributed by atoms with van der Waals surface area (Å²) in [7, 11) is 0. The lowest BCUT2D eigenvalue weighted by Crippen LogP contribution is -2.15. The molecule has 0 aliphatic heterocycles. The number of amides is 1. The van der Waals surface area contributed by atoms with Crippen LogP contribution in [-0.4, -0.2) is 45.2 Å². The highest BCUT2D eigenvalue weighted by Gasteiger charge is 2.15. The van der Waals surface area contributed by atoms with Gasteiger partial charge in [0.2, 0.25) is 6.33 Å². The van der Waals surface area contributed by atoms with Crippen molar-refractivity contribution in [3.63, 3.8) is 0 Å². The lowest BCUT2D eigenvalue weighted by molar-refractivity contribution is -0.394. The first-order valence-electron chi connectivity index (χ1n) is 9.63. The molecule has 0 fully saturated rings. The highest BCUT2D eigenvalue weighted by Crippen LogP contribution is 2.14. The number of carbonyl (C=O) groups excluding carboxylic acids is 1. The van der Waals surface area contributed by atoms with Crippen molar-refractivity contribution >= 4 is 17.5 Å². The first kappa shape index (κ1) is 20.7. The standard InChI is InChI=1S/C19H19N9O4/c1-2-14-3-5-16(6-4-14)32-13-26-10-15(9-21-26)22-18(29)17-7-8-25(23-17)12-27-11-20-19(24-27)28(30)31/h3-11H,2,12-13H2,1H3,(H,22,29). The molecule has 32 heavy (non-hydrogen) atoms. The molecule has 13 nitrogen and oxygen atoms in total. The summed E-state index contributed by atoms with van der Waals surface area (Å²) in [6.07, 6.45) is 6.89. The van der Waals surface area contributed by atoms with E-state index in [1.165, 1.54) is 33.5 Å². The molecule has 0 unspecified atom stereocenters. The van der Waals surface area contributed by atoms with E-state index in [0.717, 1.165) is 12.2 Å². The van der Waals surface area contributed by atoms with Crippen molar-refractivity contribution in [1.82, 2.24) is 34.3 Å². The molecule has 164 valence electrons. The van der Waals surface area contributed by atoms with E-state index in [1.807, 2.05) is 24.3 Å². The summed E-state index contributed by atoms with van der Waals surface area (Å²) in [6, 6.07) is 9.34. The molecule has 0 atom stereocenters. The Kier molecular flexibility index (Phi) is 5.87. The monoisotopic (exact) mass is 437 g/mol. The van der Waals surface area contributed by atoms with E-state index < -0.39 is 16.8 Å². The fourth-order valence-electron chi connectivity index (χ4n) is 2.80. The number of aromatic nitrogens is 7. The summed E-state index contributed by atoms with van der Waals surface area (Å²) in [4.78, 5) is 26.0. The van der Waals surface area contributed by atoms with Crippen LogP contribution in [0, 0.1) is 10.1 Å². The number of hydrogen-bond donors (Lipinski definition) is 1. The van der Waals surface area contributed by atoms with E-state index in [0.29, 0.717) is 5.69 Å². The molecule has 0 aliphatic rings. The summed E-state index contributed by atoms with van der Waals surface area (Å²) in [6.45, 7) is 2.35. The van der Waals surface area contributed by atoms with Crippen LogP contribution >= 0.6 is 0 Å². The first-order valence-corrected chi connectivity index (χ1v) is 9.63. The zero-order chi connectivity index (χ0) is 22.5. The zero-order valence-corrected chi connectivity index (χ0v) is 17.0. The second-order valence-electron chi connectivity index (χ2n) is 6.72. The number of nitrogens with zero attached hydrogens (tertiary/aromatic N) is 8. The van der Waals surface area contributed by atoms with Gasteiger partial charge in [-0.25, -0.2) is 9.36 Å². The molecule has 4 aromatic rings. The van der Waals surface area contributed by atoms with Crippen LogP contribution in [0.25, 0.3) is 0 Å². The number of hydrogen-bond acceptors (Lipinski definition) is 8. The van der Waals surface area contributed by atoms with Crippen LogP contribution in [0.3, 0.4) is 0 Å². The van der Waals surface area contributed by atoms with E-state index in [1.54, 1.807) is 17.1 Å². The lowest BCUT2D eigenvalue weighted by Gasteiger charge is -2.06. The van der Waals surface area contributed by atoms with E-state index in [4.69, 9.17) is 4.74 Å². The number of anilines is 1. The molecule has 3 aromatic heterocycles. The van der Waals surface area contributed by atoms with Gasteiger partial charge in [0.15, 0.2) is 19.1 Å². The normalized spacial score (nSPS) is 10.8. The number of nitro groups is 1. The van der Waals surface area contributed by atoms with Crippen LogP contribution in [0.4, 0.5) is 11.6 Å². The van der Waals surface area contributed by atoms with E-state index in [-0.39, 0.29) is 19.1 Å². The Morgan fingerprint density at radius 1 is 1.16 bits per heavy atom. The third kappa shape index (κ3) is 4.95. The molecule has 3 heterocycles. The number of carbonyl (C=O) groups is 1. The fourth-order valence-corrected chi connectivity index (χ4v) is 2.80. The van der Waals surface area contributed by atoms with Crippen LogP contribution in [0.2, 0.25) is 0 Å². The Hall–Kier alpha value is -4.55. The molecule has 1 N–H and O–H groups in total. The van der Waals surface area contributed by atoms with Gasteiger partial charge in [-0.3, -0.25) is 4.79 Å². The van der Waals surface area contributed by atoms with Gasteiger partial charge in [-0.15, -0.1) is 0 Å². The van der Waals surface area contributed by atoms with Crippen LogP contribution in [0.15, 0.2) is 55.2 Å². The molecule has 1 aromatic carbocycles. The van der Waals surface area contributed by atoms with Crippen molar-refractivity contribution in [3.05, 3.63) is 76.6 Å². The molecule has 0 bridgehead atoms. The maximum atomic E-state index is 12.4. The molecule has 4 rings (SSSR count). The van der Waals surface area contributed by atoms with Crippen molar-refractivity contribution in [2.24, 2.45) is 0 Å². The van der Waals surface area contributed by atoms with Gasteiger partial charge in [0.25, 0.3) is 5.91 Å². The maximum absolute atomic E-state index is 12.4. The number of aryl methyl sites for hydroxylation is 1. The van der Waals surface area contributed by atoms with Gasteiger partial charge < -0.3 is 20.2 Å². The Bertz CT molecular complexity index is 1230. The van der Waals surface area contributed by atoms with Gasteiger partial charge in [0, 0.05) is 11.3 Å². The summed E-state index contributed by atoms with van der Waals surface area (Å²) in [5, 5.41) is 25.4. The topological polar surface area (TPSA) is 148 Å². The molecule has 1 amide bonds. The van der Waals surface area contributed by atoms with Crippen molar-refractivity contribution in [2.45, 2.75) is 26.7 Å². The van der Waals surface area contributed by atoms with Gasteiger partial charge in [0.1, 0.15) is 5.75 Å². The first-order chi connectivity index (χ1) is 15.5. The largest absolute Gasteiger partial charge is 0.491 e. The van der Waals surface area contributed by atoms with Gasteiger partial charge in [0.05, 0.1) is 18.1 Å². The Balaban J connectivity index is 1.31. The van der Waals surface area contributed by atoms with E-state index >= 15 is 0 Å². The number of rotatable bonds is 9. The summed E-state index contributed by atoms with van der Waals surface area (Å²) < 4.78 is 9.90. The van der Waals surface area contributed by atoms with Gasteiger partial charge >= 0.3 is 5.95 Å². The highest BCUT2D eigenvalue weighted by atomic mass is 16.6. The average molecular weight is 437 g/mol. The number of nitrogens with one attached hydrogen (secondary N) is 1. The highest BCUT2D eigenvalue weighted by molar-refractivity contribution is 6.02. The predicted octanol–water partition coefficient (Wildman–Crippen LogP) is 1.94. The third-order valence-corrected chi connectivity index (χ3v) is 4.44. The smallest absolute Gasteiger partial charge is 0.471 e.